The van der Waals surface area contributed by atoms with Crippen LogP contribution in [0.1, 0.15) is 30.9 Å². The highest BCUT2D eigenvalue weighted by Crippen LogP contribution is 2.21. The van der Waals surface area contributed by atoms with Crippen LogP contribution < -0.4 is 5.32 Å². The number of hydrogen-bond donors (Lipinski definition) is 1. The number of halogens is 1. The third kappa shape index (κ3) is 4.66. The minimum absolute atomic E-state index is 0.597. The molecule has 3 nitrogen and oxygen atoms in total. The lowest BCUT2D eigenvalue weighted by atomic mass is 10.1. The average molecular weight is 395 g/mol. The second-order valence-electron chi connectivity index (χ2n) is 5.58. The maximum absolute atomic E-state index is 4.78. The molecule has 0 bridgehead atoms. The lowest BCUT2D eigenvalue weighted by Gasteiger charge is -2.12. The number of nitrogens with zero attached hydrogens (tertiary/aromatic N) is 2. The van der Waals surface area contributed by atoms with Crippen molar-refractivity contribution in [1.82, 2.24) is 9.97 Å². The predicted octanol–water partition coefficient (Wildman–Crippen LogP) is 4.11. The predicted molar refractivity (Wildman–Crippen MR) is 96.7 cm³/mol. The van der Waals surface area contributed by atoms with Crippen molar-refractivity contribution in [2.24, 2.45) is 5.92 Å². The van der Waals surface area contributed by atoms with E-state index in [1.807, 2.05) is 13.1 Å². The van der Waals surface area contributed by atoms with Crippen LogP contribution in [0.2, 0.25) is 0 Å². The van der Waals surface area contributed by atoms with E-state index < -0.39 is 0 Å². The molecular formula is C17H22IN3. The minimum Gasteiger partial charge on any atom is -0.372 e. The standard InChI is InChI=1S/C17H22IN3/c1-12(2)11-14-16(18)17(19-3)21-15(20-14)10-9-13-7-5-4-6-8-13/h4-8,12H,9-11H2,1-3H3,(H,19,20,21). The van der Waals surface area contributed by atoms with Crippen molar-refractivity contribution in [2.75, 3.05) is 12.4 Å². The highest BCUT2D eigenvalue weighted by molar-refractivity contribution is 14.1. The summed E-state index contributed by atoms with van der Waals surface area (Å²) in [5, 5.41) is 3.19. The van der Waals surface area contributed by atoms with Gasteiger partial charge in [-0.15, -0.1) is 0 Å². The van der Waals surface area contributed by atoms with E-state index in [9.17, 15) is 0 Å². The fourth-order valence-corrected chi connectivity index (χ4v) is 2.98. The summed E-state index contributed by atoms with van der Waals surface area (Å²) >= 11 is 2.34. The minimum atomic E-state index is 0.597. The first-order chi connectivity index (χ1) is 10.1. The fraction of sp³-hybridized carbons (Fsp3) is 0.412. The van der Waals surface area contributed by atoms with Gasteiger partial charge in [-0.1, -0.05) is 44.2 Å². The molecule has 0 atom stereocenters. The largest absolute Gasteiger partial charge is 0.372 e. The summed E-state index contributed by atoms with van der Waals surface area (Å²) in [5.74, 6) is 2.48. The second kappa shape index (κ2) is 7.73. The molecule has 0 aliphatic heterocycles. The van der Waals surface area contributed by atoms with Gasteiger partial charge in [-0.3, -0.25) is 0 Å². The molecule has 21 heavy (non-hydrogen) atoms. The molecule has 0 aliphatic carbocycles. The summed E-state index contributed by atoms with van der Waals surface area (Å²) in [4.78, 5) is 9.42. The number of nitrogens with one attached hydrogen (secondary N) is 1. The summed E-state index contributed by atoms with van der Waals surface area (Å²) in [7, 11) is 1.92. The van der Waals surface area contributed by atoms with Crippen molar-refractivity contribution in [3.8, 4) is 0 Å². The first-order valence-corrected chi connectivity index (χ1v) is 8.45. The van der Waals surface area contributed by atoms with Gasteiger partial charge in [0, 0.05) is 13.5 Å². The van der Waals surface area contributed by atoms with Crippen LogP contribution in [-0.2, 0) is 19.3 Å². The molecule has 1 aromatic carbocycles. The average Bonchev–Trinajstić information content (AvgIpc) is 2.48. The zero-order valence-electron chi connectivity index (χ0n) is 12.9. The molecule has 0 saturated heterocycles. The summed E-state index contributed by atoms with van der Waals surface area (Å²) in [5.41, 5.74) is 2.49. The van der Waals surface area contributed by atoms with Crippen molar-refractivity contribution in [3.05, 3.63) is 51.0 Å². The maximum atomic E-state index is 4.78. The van der Waals surface area contributed by atoms with Crippen molar-refractivity contribution < 1.29 is 0 Å². The lowest BCUT2D eigenvalue weighted by Crippen LogP contribution is -2.10. The summed E-state index contributed by atoms with van der Waals surface area (Å²) < 4.78 is 1.15. The molecular weight excluding hydrogens is 373 g/mol. The molecule has 4 heteroatoms. The fourth-order valence-electron chi connectivity index (χ4n) is 2.24. The van der Waals surface area contributed by atoms with E-state index in [-0.39, 0.29) is 0 Å². The van der Waals surface area contributed by atoms with Gasteiger partial charge in [0.2, 0.25) is 0 Å². The summed E-state index contributed by atoms with van der Waals surface area (Å²) in [6.07, 6.45) is 2.85. The van der Waals surface area contributed by atoms with E-state index in [1.54, 1.807) is 0 Å². The molecule has 2 aromatic rings. The van der Waals surface area contributed by atoms with E-state index >= 15 is 0 Å². The van der Waals surface area contributed by atoms with E-state index in [4.69, 9.17) is 4.98 Å². The van der Waals surface area contributed by atoms with Gasteiger partial charge in [0.15, 0.2) is 0 Å². The molecule has 1 aromatic heterocycles. The lowest BCUT2D eigenvalue weighted by molar-refractivity contribution is 0.627. The SMILES string of the molecule is CNc1nc(CCc2ccccc2)nc(CC(C)C)c1I. The molecule has 0 aliphatic rings. The molecule has 0 radical (unpaired) electrons. The van der Waals surface area contributed by atoms with Crippen LogP contribution in [-0.4, -0.2) is 17.0 Å². The molecule has 0 saturated carbocycles. The normalized spacial score (nSPS) is 10.9. The highest BCUT2D eigenvalue weighted by Gasteiger charge is 2.12. The van der Waals surface area contributed by atoms with Crippen molar-refractivity contribution in [1.29, 1.82) is 0 Å². The Hall–Kier alpha value is -1.17. The monoisotopic (exact) mass is 395 g/mol. The van der Waals surface area contributed by atoms with Crippen LogP contribution in [0.4, 0.5) is 5.82 Å². The van der Waals surface area contributed by atoms with Gasteiger partial charge in [0.05, 0.1) is 9.26 Å². The first kappa shape index (κ1) is 16.2. The maximum Gasteiger partial charge on any atom is 0.143 e. The van der Waals surface area contributed by atoms with Gasteiger partial charge in [0.25, 0.3) is 0 Å². The van der Waals surface area contributed by atoms with Gasteiger partial charge in [0.1, 0.15) is 11.6 Å². The third-order valence-electron chi connectivity index (χ3n) is 3.28. The van der Waals surface area contributed by atoms with Crippen LogP contribution in [0.25, 0.3) is 0 Å². The third-order valence-corrected chi connectivity index (χ3v) is 4.42. The molecule has 0 fully saturated rings. The smallest absolute Gasteiger partial charge is 0.143 e. The van der Waals surface area contributed by atoms with Crippen LogP contribution in [0, 0.1) is 9.49 Å². The molecule has 1 heterocycles. The molecule has 1 N–H and O–H groups in total. The molecule has 0 unspecified atom stereocenters. The topological polar surface area (TPSA) is 37.8 Å². The summed E-state index contributed by atoms with van der Waals surface area (Å²) in [6.45, 7) is 4.45. The molecule has 0 amide bonds. The van der Waals surface area contributed by atoms with Gasteiger partial charge >= 0.3 is 0 Å². The number of aromatic nitrogens is 2. The van der Waals surface area contributed by atoms with E-state index in [0.29, 0.717) is 5.92 Å². The van der Waals surface area contributed by atoms with E-state index in [2.05, 4.69) is 71.0 Å². The Morgan fingerprint density at radius 2 is 1.81 bits per heavy atom. The quantitative estimate of drug-likeness (QED) is 0.749. The highest BCUT2D eigenvalue weighted by atomic mass is 127. The number of anilines is 1. The van der Waals surface area contributed by atoms with E-state index in [1.165, 1.54) is 5.56 Å². The van der Waals surface area contributed by atoms with Crippen LogP contribution in [0.3, 0.4) is 0 Å². The number of rotatable bonds is 6. The second-order valence-corrected chi connectivity index (χ2v) is 6.66. The Bertz CT molecular complexity index is 582. The zero-order valence-corrected chi connectivity index (χ0v) is 15.0. The molecule has 0 spiro atoms. The van der Waals surface area contributed by atoms with E-state index in [0.717, 1.165) is 40.2 Å². The number of aryl methyl sites for hydroxylation is 2. The van der Waals surface area contributed by atoms with Gasteiger partial charge in [-0.05, 0) is 46.9 Å². The molecule has 112 valence electrons. The Morgan fingerprint density at radius 3 is 2.43 bits per heavy atom. The Morgan fingerprint density at radius 1 is 1.10 bits per heavy atom. The number of hydrogen-bond acceptors (Lipinski definition) is 3. The Kier molecular flexibility index (Phi) is 5.96. The van der Waals surface area contributed by atoms with Crippen LogP contribution in [0.5, 0.6) is 0 Å². The van der Waals surface area contributed by atoms with Crippen LogP contribution >= 0.6 is 22.6 Å². The Balaban J connectivity index is 2.18. The Labute approximate surface area is 140 Å². The zero-order chi connectivity index (χ0) is 15.2. The first-order valence-electron chi connectivity index (χ1n) is 7.37. The summed E-state index contributed by atoms with van der Waals surface area (Å²) in [6, 6.07) is 10.5. The van der Waals surface area contributed by atoms with Crippen molar-refractivity contribution in [2.45, 2.75) is 33.1 Å². The molecule has 2 rings (SSSR count). The van der Waals surface area contributed by atoms with Gasteiger partial charge in [-0.25, -0.2) is 9.97 Å². The van der Waals surface area contributed by atoms with Crippen molar-refractivity contribution in [3.63, 3.8) is 0 Å². The van der Waals surface area contributed by atoms with Crippen molar-refractivity contribution >= 4 is 28.4 Å². The van der Waals surface area contributed by atoms with Gasteiger partial charge < -0.3 is 5.32 Å². The van der Waals surface area contributed by atoms with Crippen LogP contribution in [0.15, 0.2) is 30.3 Å². The number of benzene rings is 1. The van der Waals surface area contributed by atoms with Gasteiger partial charge in [-0.2, -0.15) is 0 Å².